The molecule has 2 atom stereocenters. The quantitative estimate of drug-likeness (QED) is 0.590. The third-order valence-electron chi connectivity index (χ3n) is 4.70. The van der Waals surface area contributed by atoms with E-state index in [1.54, 1.807) is 20.8 Å². The van der Waals surface area contributed by atoms with Gasteiger partial charge >= 0.3 is 17.8 Å². The van der Waals surface area contributed by atoms with Crippen molar-refractivity contribution in [2.24, 2.45) is 0 Å². The number of carbonyl (C=O) groups is 3. The number of hydrogen-bond acceptors (Lipinski definition) is 6. The zero-order valence-corrected chi connectivity index (χ0v) is 17.6. The van der Waals surface area contributed by atoms with Gasteiger partial charge in [-0.2, -0.15) is 0 Å². The molecule has 1 heterocycles. The molecule has 30 heavy (non-hydrogen) atoms. The number of hydrogen-bond donors (Lipinski definition) is 3. The topological polar surface area (TPSA) is 151 Å². The van der Waals surface area contributed by atoms with E-state index in [9.17, 15) is 29.1 Å². The molecule has 0 bridgehead atoms. The number of aromatic amines is 1. The van der Waals surface area contributed by atoms with Crippen LogP contribution in [0.2, 0.25) is 0 Å². The average Bonchev–Trinajstić information content (AvgIpc) is 3.03. The smallest absolute Gasteiger partial charge is 0.407 e. The van der Waals surface area contributed by atoms with Crippen LogP contribution in [0.4, 0.5) is 4.79 Å². The molecule has 0 aromatic carbocycles. The van der Waals surface area contributed by atoms with E-state index in [1.807, 2.05) is 0 Å². The summed E-state index contributed by atoms with van der Waals surface area (Å²) >= 11 is 0. The van der Waals surface area contributed by atoms with Gasteiger partial charge in [-0.25, -0.2) is 9.59 Å². The molecule has 0 saturated heterocycles. The van der Waals surface area contributed by atoms with Gasteiger partial charge in [-0.15, -0.1) is 0 Å². The Morgan fingerprint density at radius 3 is 2.57 bits per heavy atom. The van der Waals surface area contributed by atoms with Crippen LogP contribution in [0.25, 0.3) is 0 Å². The molecule has 3 N–H and O–H groups in total. The lowest BCUT2D eigenvalue weighted by molar-refractivity contribution is -0.146. The highest BCUT2D eigenvalue weighted by Crippen LogP contribution is 2.25. The van der Waals surface area contributed by atoms with Gasteiger partial charge in [0.25, 0.3) is 5.56 Å². The predicted molar refractivity (Wildman–Crippen MR) is 106 cm³/mol. The van der Waals surface area contributed by atoms with Gasteiger partial charge in [-0.1, -0.05) is 0 Å². The largest absolute Gasteiger partial charge is 0.480 e. The fraction of sp³-hybridized carbons (Fsp3) is 0.632. The summed E-state index contributed by atoms with van der Waals surface area (Å²) in [5, 5.41) is 12.0. The van der Waals surface area contributed by atoms with E-state index in [-0.39, 0.29) is 5.56 Å². The summed E-state index contributed by atoms with van der Waals surface area (Å²) in [4.78, 5) is 63.2. The van der Waals surface area contributed by atoms with Gasteiger partial charge in [0.15, 0.2) is 0 Å². The number of aryl methyl sites for hydroxylation is 1. The molecule has 1 aliphatic rings. The summed E-state index contributed by atoms with van der Waals surface area (Å²) in [5.74, 6) is -1.81. The molecule has 2 rings (SSSR count). The molecule has 11 nitrogen and oxygen atoms in total. The maximum absolute atomic E-state index is 12.9. The van der Waals surface area contributed by atoms with Crippen molar-refractivity contribution < 1.29 is 24.2 Å². The van der Waals surface area contributed by atoms with Crippen molar-refractivity contribution in [2.45, 2.75) is 71.2 Å². The lowest BCUT2D eigenvalue weighted by atomic mass is 10.1. The van der Waals surface area contributed by atoms with E-state index in [2.05, 4.69) is 10.3 Å². The summed E-state index contributed by atoms with van der Waals surface area (Å²) in [6.45, 7) is 5.66. The van der Waals surface area contributed by atoms with Crippen molar-refractivity contribution in [1.29, 1.82) is 0 Å². The zero-order chi connectivity index (χ0) is 22.6. The predicted octanol–water partition coefficient (Wildman–Crippen LogP) is 0.204. The van der Waals surface area contributed by atoms with Crippen molar-refractivity contribution in [3.8, 4) is 0 Å². The Labute approximate surface area is 173 Å². The first-order chi connectivity index (χ1) is 13.9. The molecule has 1 aromatic rings. The monoisotopic (exact) mass is 424 g/mol. The highest BCUT2D eigenvalue weighted by molar-refractivity contribution is 5.81. The zero-order valence-electron chi connectivity index (χ0n) is 17.6. The van der Waals surface area contributed by atoms with Crippen LogP contribution in [0.1, 0.15) is 45.6 Å². The first-order valence-electron chi connectivity index (χ1n) is 9.68. The number of aromatic nitrogens is 2. The SMILES string of the molecule is Cc1cn(CC(=O)N(CC(=O)O)[C@H]2CCC[C@H]2NC(=O)OC(C)(C)C)c(=O)[nH]c1=O. The van der Waals surface area contributed by atoms with Crippen LogP contribution in [-0.2, 0) is 20.9 Å². The number of H-pyrrole nitrogens is 1. The first-order valence-corrected chi connectivity index (χ1v) is 9.68. The molecule has 1 fully saturated rings. The minimum absolute atomic E-state index is 0.248. The second-order valence-corrected chi connectivity index (χ2v) is 8.37. The molecule has 166 valence electrons. The minimum Gasteiger partial charge on any atom is -0.480 e. The van der Waals surface area contributed by atoms with Crippen molar-refractivity contribution in [3.63, 3.8) is 0 Å². The molecular formula is C19H28N4O7. The maximum atomic E-state index is 12.9. The number of carboxylic acids is 1. The number of carbonyl (C=O) groups excluding carboxylic acids is 2. The van der Waals surface area contributed by atoms with Gasteiger partial charge in [0.1, 0.15) is 18.7 Å². The summed E-state index contributed by atoms with van der Waals surface area (Å²) < 4.78 is 6.28. The van der Waals surface area contributed by atoms with E-state index >= 15 is 0 Å². The van der Waals surface area contributed by atoms with E-state index in [0.29, 0.717) is 19.3 Å². The van der Waals surface area contributed by atoms with Crippen LogP contribution in [-0.4, -0.2) is 61.8 Å². The Hall–Kier alpha value is -3.11. The van der Waals surface area contributed by atoms with E-state index < -0.39 is 60.0 Å². The molecule has 1 aromatic heterocycles. The lowest BCUT2D eigenvalue weighted by Gasteiger charge is -2.33. The number of carboxylic acid groups (broad SMARTS) is 1. The number of ether oxygens (including phenoxy) is 1. The third kappa shape index (κ3) is 6.19. The molecule has 0 unspecified atom stereocenters. The van der Waals surface area contributed by atoms with Crippen molar-refractivity contribution in [2.75, 3.05) is 6.54 Å². The van der Waals surface area contributed by atoms with Crippen molar-refractivity contribution in [3.05, 3.63) is 32.6 Å². The van der Waals surface area contributed by atoms with Gasteiger partial charge in [-0.05, 0) is 47.0 Å². The molecule has 0 radical (unpaired) electrons. The molecule has 11 heteroatoms. The van der Waals surface area contributed by atoms with Crippen LogP contribution >= 0.6 is 0 Å². The molecule has 1 aliphatic carbocycles. The Kier molecular flexibility index (Phi) is 7.06. The molecular weight excluding hydrogens is 396 g/mol. The van der Waals surface area contributed by atoms with Crippen LogP contribution in [0, 0.1) is 6.92 Å². The summed E-state index contributed by atoms with van der Waals surface area (Å²) in [6.07, 6.45) is 2.36. The lowest BCUT2D eigenvalue weighted by Crippen LogP contribution is -2.54. The molecule has 2 amide bonds. The standard InChI is InChI=1S/C19H28N4O7/c1-11-8-22(17(28)21-16(11)27)9-14(24)23(10-15(25)26)13-7-5-6-12(13)20-18(29)30-19(2,3)4/h8,12-13H,5-7,9-10H2,1-4H3,(H,20,29)(H,25,26)(H,21,27,28)/t12-,13+/m1/s1. The first kappa shape index (κ1) is 23.2. The molecule has 0 aliphatic heterocycles. The second-order valence-electron chi connectivity index (χ2n) is 8.37. The maximum Gasteiger partial charge on any atom is 0.407 e. The van der Waals surface area contributed by atoms with Crippen molar-refractivity contribution >= 4 is 18.0 Å². The summed E-state index contributed by atoms with van der Waals surface area (Å²) in [7, 11) is 0. The molecule has 0 spiro atoms. The van der Waals surface area contributed by atoms with Crippen molar-refractivity contribution in [1.82, 2.24) is 19.8 Å². The normalized spacial score (nSPS) is 18.7. The number of nitrogens with zero attached hydrogens (tertiary/aromatic N) is 2. The number of alkyl carbamates (subject to hydrolysis) is 1. The third-order valence-corrected chi connectivity index (χ3v) is 4.70. The Morgan fingerprint density at radius 2 is 1.97 bits per heavy atom. The van der Waals surface area contributed by atoms with Gasteiger partial charge in [-0.3, -0.25) is 23.9 Å². The minimum atomic E-state index is -1.21. The van der Waals surface area contributed by atoms with Gasteiger partial charge < -0.3 is 20.1 Å². The van der Waals surface area contributed by atoms with Crippen LogP contribution in [0.3, 0.4) is 0 Å². The van der Waals surface area contributed by atoms with E-state index in [1.165, 1.54) is 13.1 Å². The average molecular weight is 424 g/mol. The highest BCUT2D eigenvalue weighted by atomic mass is 16.6. The Balaban J connectivity index is 2.21. The molecule has 1 saturated carbocycles. The Morgan fingerprint density at radius 1 is 1.30 bits per heavy atom. The van der Waals surface area contributed by atoms with Crippen LogP contribution in [0.15, 0.2) is 15.8 Å². The van der Waals surface area contributed by atoms with E-state index in [4.69, 9.17) is 4.74 Å². The fourth-order valence-corrected chi connectivity index (χ4v) is 3.45. The van der Waals surface area contributed by atoms with E-state index in [0.717, 1.165) is 9.47 Å². The number of amides is 2. The second kappa shape index (κ2) is 9.14. The van der Waals surface area contributed by atoms with Gasteiger partial charge in [0.05, 0.1) is 12.1 Å². The number of aliphatic carboxylic acids is 1. The highest BCUT2D eigenvalue weighted by Gasteiger charge is 2.37. The van der Waals surface area contributed by atoms with Gasteiger partial charge in [0, 0.05) is 11.8 Å². The fourth-order valence-electron chi connectivity index (χ4n) is 3.45. The summed E-state index contributed by atoms with van der Waals surface area (Å²) in [5.41, 5.74) is -1.76. The van der Waals surface area contributed by atoms with Crippen LogP contribution < -0.4 is 16.6 Å². The number of nitrogens with one attached hydrogen (secondary N) is 2. The summed E-state index contributed by atoms with van der Waals surface area (Å²) in [6, 6.07) is -1.03. The van der Waals surface area contributed by atoms with Gasteiger partial charge in [0.2, 0.25) is 5.91 Å². The Bertz CT molecular complexity index is 928. The number of rotatable bonds is 6. The van der Waals surface area contributed by atoms with Crippen LogP contribution in [0.5, 0.6) is 0 Å².